The lowest BCUT2D eigenvalue weighted by Gasteiger charge is -2.06. The van der Waals surface area contributed by atoms with Gasteiger partial charge in [0, 0.05) is 10.4 Å². The minimum atomic E-state index is 0.558. The van der Waals surface area contributed by atoms with Gasteiger partial charge >= 0.3 is 6.07 Å². The molecule has 86 valence electrons. The Morgan fingerprint density at radius 3 is 2.59 bits per heavy atom. The summed E-state index contributed by atoms with van der Waals surface area (Å²) in [7, 11) is 3.15. The molecule has 4 heteroatoms. The maximum Gasteiger partial charge on any atom is 0.341 e. The van der Waals surface area contributed by atoms with Gasteiger partial charge in [-0.2, -0.15) is 0 Å². The van der Waals surface area contributed by atoms with Crippen LogP contribution in [0.5, 0.6) is 11.5 Å². The van der Waals surface area contributed by atoms with E-state index in [9.17, 15) is 5.21 Å². The summed E-state index contributed by atoms with van der Waals surface area (Å²) in [5.74, 6) is 1.33. The van der Waals surface area contributed by atoms with E-state index in [0.717, 1.165) is 16.5 Å². The van der Waals surface area contributed by atoms with E-state index in [-0.39, 0.29) is 0 Å². The molecule has 0 amide bonds. The molecule has 0 atom stereocenters. The highest BCUT2D eigenvalue weighted by molar-refractivity contribution is 5.91. The monoisotopic (exact) mass is 229 g/mol. The Morgan fingerprint density at radius 2 is 1.94 bits per heavy atom. The van der Waals surface area contributed by atoms with Crippen molar-refractivity contribution >= 4 is 10.8 Å². The standard InChI is InChI=1S/C13H11NO3/c1-16-10-4-5-11-9(7-10)3-6-13(17-2)12(11)8-14-15/h3-7H,1-2H3. The lowest BCUT2D eigenvalue weighted by molar-refractivity contribution is 0.413. The summed E-state index contributed by atoms with van der Waals surface area (Å²) in [4.78, 5) is 0. The molecule has 0 aliphatic carbocycles. The van der Waals surface area contributed by atoms with Gasteiger partial charge in [0.15, 0.2) is 5.56 Å². The van der Waals surface area contributed by atoms with Crippen LogP contribution in [-0.4, -0.2) is 14.2 Å². The van der Waals surface area contributed by atoms with Gasteiger partial charge in [0.2, 0.25) is 0 Å². The van der Waals surface area contributed by atoms with E-state index in [4.69, 9.17) is 9.47 Å². The molecule has 0 N–H and O–H groups in total. The molecule has 0 aliphatic heterocycles. The third kappa shape index (κ3) is 1.95. The van der Waals surface area contributed by atoms with Crippen molar-refractivity contribution in [2.45, 2.75) is 0 Å². The van der Waals surface area contributed by atoms with Crippen LogP contribution in [0, 0.1) is 11.3 Å². The predicted molar refractivity (Wildman–Crippen MR) is 66.8 cm³/mol. The van der Waals surface area contributed by atoms with Crippen molar-refractivity contribution in [3.8, 4) is 17.6 Å². The summed E-state index contributed by atoms with van der Waals surface area (Å²) in [6, 6.07) is 11.6. The molecule has 0 fully saturated rings. The number of nitrogens with zero attached hydrogens (tertiary/aromatic N) is 1. The highest BCUT2D eigenvalue weighted by Gasteiger charge is 2.11. The third-order valence-corrected chi connectivity index (χ3v) is 2.57. The number of benzene rings is 2. The van der Waals surface area contributed by atoms with Crippen LogP contribution in [0.1, 0.15) is 5.56 Å². The SMILES string of the molecule is COc1ccc2c(C#[N+][O-])c(OC)ccc2c1. The van der Waals surface area contributed by atoms with E-state index in [1.54, 1.807) is 20.3 Å². The van der Waals surface area contributed by atoms with E-state index >= 15 is 0 Å². The predicted octanol–water partition coefficient (Wildman–Crippen LogP) is 3.04. The molecule has 0 bridgehead atoms. The quantitative estimate of drug-likeness (QED) is 0.743. The molecule has 4 nitrogen and oxygen atoms in total. The number of hydrogen-bond acceptors (Lipinski definition) is 3. The van der Waals surface area contributed by atoms with Crippen molar-refractivity contribution in [3.63, 3.8) is 0 Å². The average molecular weight is 229 g/mol. The topological polar surface area (TPSA) is 45.9 Å². The highest BCUT2D eigenvalue weighted by Crippen LogP contribution is 2.29. The van der Waals surface area contributed by atoms with Gasteiger partial charge in [0.1, 0.15) is 11.5 Å². The Hall–Kier alpha value is -2.41. The molecule has 0 saturated heterocycles. The second-order valence-corrected chi connectivity index (χ2v) is 3.43. The van der Waals surface area contributed by atoms with Crippen molar-refractivity contribution in [1.82, 2.24) is 0 Å². The van der Waals surface area contributed by atoms with Crippen LogP contribution in [0.2, 0.25) is 0 Å². The summed E-state index contributed by atoms with van der Waals surface area (Å²) in [6.07, 6.45) is 0. The zero-order chi connectivity index (χ0) is 12.3. The second kappa shape index (κ2) is 4.62. The van der Waals surface area contributed by atoms with Crippen LogP contribution in [0.3, 0.4) is 0 Å². The largest absolute Gasteiger partial charge is 0.498 e. The van der Waals surface area contributed by atoms with Gasteiger partial charge in [-0.25, -0.2) is 0 Å². The molecular weight excluding hydrogens is 218 g/mol. The van der Waals surface area contributed by atoms with Gasteiger partial charge in [-0.15, -0.1) is 0 Å². The van der Waals surface area contributed by atoms with Crippen LogP contribution in [-0.2, 0) is 0 Å². The van der Waals surface area contributed by atoms with Gasteiger partial charge in [-0.1, -0.05) is 6.07 Å². The van der Waals surface area contributed by atoms with Crippen LogP contribution in [0.4, 0.5) is 0 Å². The lowest BCUT2D eigenvalue weighted by Crippen LogP contribution is -1.90. The first-order valence-electron chi connectivity index (χ1n) is 5.03. The summed E-state index contributed by atoms with van der Waals surface area (Å²) in [5.41, 5.74) is 0.558. The number of methoxy groups -OCH3 is 2. The van der Waals surface area contributed by atoms with Crippen molar-refractivity contribution in [1.29, 1.82) is 0 Å². The maximum atomic E-state index is 10.4. The molecule has 2 aromatic rings. The van der Waals surface area contributed by atoms with E-state index in [0.29, 0.717) is 11.3 Å². The fourth-order valence-corrected chi connectivity index (χ4v) is 1.75. The maximum absolute atomic E-state index is 10.4. The molecule has 0 unspecified atom stereocenters. The Kier molecular flexibility index (Phi) is 3.01. The molecule has 0 aliphatic rings. The van der Waals surface area contributed by atoms with Crippen molar-refractivity contribution in [2.75, 3.05) is 14.2 Å². The first-order chi connectivity index (χ1) is 8.30. The first-order valence-corrected chi connectivity index (χ1v) is 5.03. The fourth-order valence-electron chi connectivity index (χ4n) is 1.75. The third-order valence-electron chi connectivity index (χ3n) is 2.57. The van der Waals surface area contributed by atoms with Gasteiger partial charge in [-0.3, -0.25) is 0 Å². The number of fused-ring (bicyclic) bond motifs is 1. The Morgan fingerprint density at radius 1 is 1.12 bits per heavy atom. The smallest absolute Gasteiger partial charge is 0.341 e. The summed E-state index contributed by atoms with van der Waals surface area (Å²) in [5, 5.41) is 14.9. The van der Waals surface area contributed by atoms with E-state index in [2.05, 4.69) is 11.1 Å². The molecular formula is C13H11NO3. The molecule has 0 heterocycles. The van der Waals surface area contributed by atoms with Crippen molar-refractivity contribution < 1.29 is 9.47 Å². The Bertz CT molecular complexity index is 611. The Labute approximate surface area is 98.8 Å². The van der Waals surface area contributed by atoms with E-state index < -0.39 is 0 Å². The summed E-state index contributed by atoms with van der Waals surface area (Å²) in [6.45, 7) is 0. The normalized spacial score (nSPS) is 9.53. The lowest BCUT2D eigenvalue weighted by atomic mass is 10.0. The molecule has 0 aromatic heterocycles. The van der Waals surface area contributed by atoms with E-state index in [1.165, 1.54) is 0 Å². The minimum Gasteiger partial charge on any atom is -0.498 e. The van der Waals surface area contributed by atoms with Gasteiger partial charge in [0.05, 0.1) is 14.2 Å². The average Bonchev–Trinajstić information content (AvgIpc) is 2.38. The first kappa shape index (κ1) is 11.1. The van der Waals surface area contributed by atoms with Crippen LogP contribution in [0.15, 0.2) is 30.3 Å². The van der Waals surface area contributed by atoms with Gasteiger partial charge in [-0.05, 0) is 29.7 Å². The zero-order valence-corrected chi connectivity index (χ0v) is 9.56. The Balaban J connectivity index is 2.75. The number of rotatable bonds is 2. The summed E-state index contributed by atoms with van der Waals surface area (Å²) < 4.78 is 10.3. The van der Waals surface area contributed by atoms with Crippen LogP contribution in [0.25, 0.3) is 15.8 Å². The number of ether oxygens (including phenoxy) is 2. The van der Waals surface area contributed by atoms with Gasteiger partial charge in [0.25, 0.3) is 0 Å². The minimum absolute atomic E-state index is 0.558. The molecule has 0 spiro atoms. The van der Waals surface area contributed by atoms with Gasteiger partial charge < -0.3 is 14.7 Å². The van der Waals surface area contributed by atoms with Crippen LogP contribution >= 0.6 is 0 Å². The van der Waals surface area contributed by atoms with Crippen molar-refractivity contribution in [3.05, 3.63) is 46.1 Å². The highest BCUT2D eigenvalue weighted by atomic mass is 16.5. The number of hydrogen-bond donors (Lipinski definition) is 0. The van der Waals surface area contributed by atoms with E-state index in [1.807, 2.05) is 24.3 Å². The zero-order valence-electron chi connectivity index (χ0n) is 9.56. The molecule has 0 radical (unpaired) electrons. The summed E-state index contributed by atoms with van der Waals surface area (Å²) >= 11 is 0. The fraction of sp³-hybridized carbons (Fsp3) is 0.154. The molecule has 2 rings (SSSR count). The second-order valence-electron chi connectivity index (χ2n) is 3.43. The molecule has 2 aromatic carbocycles. The van der Waals surface area contributed by atoms with Crippen LogP contribution < -0.4 is 9.47 Å². The molecule has 0 saturated carbocycles. The van der Waals surface area contributed by atoms with Crippen molar-refractivity contribution in [2.24, 2.45) is 0 Å². The molecule has 17 heavy (non-hydrogen) atoms.